The minimum atomic E-state index is -0.503. The number of nitrogens with zero attached hydrogens (tertiary/aromatic N) is 3. The van der Waals surface area contributed by atoms with E-state index < -0.39 is 11.7 Å². The van der Waals surface area contributed by atoms with E-state index in [9.17, 15) is 9.18 Å². The van der Waals surface area contributed by atoms with Crippen LogP contribution in [0, 0.1) is 5.82 Å². The van der Waals surface area contributed by atoms with Crippen LogP contribution in [0.2, 0.25) is 0 Å². The third-order valence-electron chi connectivity index (χ3n) is 1.62. The Labute approximate surface area is 93.3 Å². The lowest BCUT2D eigenvalue weighted by molar-refractivity contribution is 0.102. The lowest BCUT2D eigenvalue weighted by Crippen LogP contribution is -2.13. The van der Waals surface area contributed by atoms with Gasteiger partial charge >= 0.3 is 0 Å². The van der Waals surface area contributed by atoms with Crippen molar-refractivity contribution in [2.45, 2.75) is 0 Å². The van der Waals surface area contributed by atoms with Crippen LogP contribution in [0.1, 0.15) is 10.5 Å². The molecule has 8 heteroatoms. The molecule has 0 unspecified atom stereocenters. The van der Waals surface area contributed by atoms with Crippen molar-refractivity contribution < 1.29 is 9.18 Å². The fourth-order valence-corrected chi connectivity index (χ4v) is 1.46. The number of carbonyl (C=O) groups excluding carboxylic acids is 1. The van der Waals surface area contributed by atoms with E-state index in [4.69, 9.17) is 5.73 Å². The van der Waals surface area contributed by atoms with Crippen molar-refractivity contribution in [1.29, 1.82) is 0 Å². The summed E-state index contributed by atoms with van der Waals surface area (Å²) in [5, 5.41) is 10.1. The second kappa shape index (κ2) is 4.19. The molecule has 2 rings (SSSR count). The predicted molar refractivity (Wildman–Crippen MR) is 56.5 cm³/mol. The number of aromatic nitrogens is 3. The van der Waals surface area contributed by atoms with Crippen LogP contribution in [-0.2, 0) is 0 Å². The van der Waals surface area contributed by atoms with Gasteiger partial charge in [-0.3, -0.25) is 10.1 Å². The summed E-state index contributed by atoms with van der Waals surface area (Å²) < 4.78 is 12.5. The van der Waals surface area contributed by atoms with Gasteiger partial charge in [-0.2, -0.15) is 0 Å². The monoisotopic (exact) mass is 239 g/mol. The third-order valence-corrected chi connectivity index (χ3v) is 2.29. The first-order chi connectivity index (χ1) is 7.65. The van der Waals surface area contributed by atoms with E-state index in [1.54, 1.807) is 0 Å². The minimum Gasteiger partial charge on any atom is -0.374 e. The van der Waals surface area contributed by atoms with Crippen molar-refractivity contribution in [3.63, 3.8) is 0 Å². The fourth-order valence-electron chi connectivity index (χ4n) is 0.956. The minimum absolute atomic E-state index is 0.0928. The van der Waals surface area contributed by atoms with E-state index in [0.717, 1.165) is 23.6 Å². The van der Waals surface area contributed by atoms with Gasteiger partial charge in [0, 0.05) is 0 Å². The Kier molecular flexibility index (Phi) is 2.73. The molecule has 2 aromatic heterocycles. The molecule has 0 saturated carbocycles. The zero-order valence-corrected chi connectivity index (χ0v) is 8.66. The lowest BCUT2D eigenvalue weighted by atomic mass is 10.3. The number of nitrogen functional groups attached to an aromatic ring is 1. The van der Waals surface area contributed by atoms with Crippen molar-refractivity contribution in [3.05, 3.63) is 29.8 Å². The molecule has 0 aliphatic heterocycles. The van der Waals surface area contributed by atoms with Crippen LogP contribution in [0.4, 0.5) is 14.7 Å². The summed E-state index contributed by atoms with van der Waals surface area (Å²) in [4.78, 5) is 15.2. The van der Waals surface area contributed by atoms with Gasteiger partial charge in [-0.15, -0.1) is 10.2 Å². The lowest BCUT2D eigenvalue weighted by Gasteiger charge is -1.99. The van der Waals surface area contributed by atoms with Crippen LogP contribution in [0.25, 0.3) is 0 Å². The van der Waals surface area contributed by atoms with E-state index in [1.807, 2.05) is 0 Å². The standard InChI is InChI=1S/C8H6FN5OS/c9-4-1-2-5(11-3-4)6(15)12-8-14-13-7(10)16-8/h1-3H,(H2,10,13)(H,12,14,15). The van der Waals surface area contributed by atoms with Crippen molar-refractivity contribution in [2.75, 3.05) is 11.1 Å². The summed E-state index contributed by atoms with van der Waals surface area (Å²) in [6, 6.07) is 2.42. The molecule has 0 bridgehead atoms. The van der Waals surface area contributed by atoms with Gasteiger partial charge in [-0.1, -0.05) is 11.3 Å². The summed E-state index contributed by atoms with van der Waals surface area (Å²) >= 11 is 1.04. The van der Waals surface area contributed by atoms with Crippen LogP contribution >= 0.6 is 11.3 Å². The van der Waals surface area contributed by atoms with Gasteiger partial charge < -0.3 is 5.73 Å². The number of rotatable bonds is 2. The van der Waals surface area contributed by atoms with Crippen molar-refractivity contribution in [3.8, 4) is 0 Å². The van der Waals surface area contributed by atoms with Gasteiger partial charge in [-0.25, -0.2) is 9.37 Å². The number of pyridine rings is 1. The quantitative estimate of drug-likeness (QED) is 0.812. The van der Waals surface area contributed by atoms with Crippen LogP contribution < -0.4 is 11.1 Å². The van der Waals surface area contributed by atoms with Gasteiger partial charge in [-0.05, 0) is 12.1 Å². The highest BCUT2D eigenvalue weighted by Crippen LogP contribution is 2.16. The summed E-state index contributed by atoms with van der Waals surface area (Å²) in [5.41, 5.74) is 5.43. The van der Waals surface area contributed by atoms with E-state index >= 15 is 0 Å². The molecule has 0 spiro atoms. The number of hydrogen-bond donors (Lipinski definition) is 2. The second-order valence-corrected chi connectivity index (χ2v) is 3.77. The van der Waals surface area contributed by atoms with Gasteiger partial charge in [0.1, 0.15) is 11.5 Å². The Morgan fingerprint density at radius 1 is 1.44 bits per heavy atom. The molecule has 0 atom stereocenters. The highest BCUT2D eigenvalue weighted by atomic mass is 32.1. The van der Waals surface area contributed by atoms with E-state index in [0.29, 0.717) is 0 Å². The largest absolute Gasteiger partial charge is 0.374 e. The van der Waals surface area contributed by atoms with Crippen LogP contribution in [0.15, 0.2) is 18.3 Å². The Morgan fingerprint density at radius 3 is 2.81 bits per heavy atom. The van der Waals surface area contributed by atoms with Crippen LogP contribution in [0.3, 0.4) is 0 Å². The normalized spacial score (nSPS) is 10.1. The molecular weight excluding hydrogens is 233 g/mol. The molecule has 0 aliphatic rings. The topological polar surface area (TPSA) is 93.8 Å². The van der Waals surface area contributed by atoms with Gasteiger partial charge in [0.05, 0.1) is 6.20 Å². The number of carbonyl (C=O) groups is 1. The molecule has 82 valence electrons. The first kappa shape index (κ1) is 10.4. The average Bonchev–Trinajstić information content (AvgIpc) is 2.65. The number of halogens is 1. The van der Waals surface area contributed by atoms with Crippen molar-refractivity contribution in [1.82, 2.24) is 15.2 Å². The van der Waals surface area contributed by atoms with Crippen molar-refractivity contribution in [2.24, 2.45) is 0 Å². The van der Waals surface area contributed by atoms with E-state index in [1.165, 1.54) is 6.07 Å². The summed E-state index contributed by atoms with van der Waals surface area (Å²) in [6.45, 7) is 0. The first-order valence-electron chi connectivity index (χ1n) is 4.17. The summed E-state index contributed by atoms with van der Waals surface area (Å²) in [7, 11) is 0. The Balaban J connectivity index is 2.11. The Bertz CT molecular complexity index is 511. The third kappa shape index (κ3) is 2.28. The van der Waals surface area contributed by atoms with Crippen LogP contribution in [-0.4, -0.2) is 21.1 Å². The zero-order chi connectivity index (χ0) is 11.5. The molecule has 0 radical (unpaired) electrons. The Hall–Kier alpha value is -2.09. The number of nitrogens with one attached hydrogen (secondary N) is 1. The van der Waals surface area contributed by atoms with E-state index in [2.05, 4.69) is 20.5 Å². The highest BCUT2D eigenvalue weighted by molar-refractivity contribution is 7.19. The molecular formula is C8H6FN5OS. The molecule has 2 aromatic rings. The predicted octanol–water partition coefficient (Wildman–Crippen LogP) is 0.907. The average molecular weight is 239 g/mol. The number of nitrogens with two attached hydrogens (primary N) is 1. The highest BCUT2D eigenvalue weighted by Gasteiger charge is 2.10. The summed E-state index contributed by atoms with van der Waals surface area (Å²) in [5.74, 6) is -0.993. The second-order valence-electron chi connectivity index (χ2n) is 2.76. The molecule has 2 heterocycles. The molecule has 0 fully saturated rings. The number of hydrogen-bond acceptors (Lipinski definition) is 6. The summed E-state index contributed by atoms with van der Waals surface area (Å²) in [6.07, 6.45) is 0.962. The molecule has 1 amide bonds. The number of amides is 1. The molecule has 6 nitrogen and oxygen atoms in total. The maximum Gasteiger partial charge on any atom is 0.276 e. The maximum atomic E-state index is 12.5. The fraction of sp³-hybridized carbons (Fsp3) is 0. The Morgan fingerprint density at radius 2 is 2.25 bits per heavy atom. The molecule has 0 saturated heterocycles. The molecule has 0 aromatic carbocycles. The molecule has 3 N–H and O–H groups in total. The smallest absolute Gasteiger partial charge is 0.276 e. The molecule has 0 aliphatic carbocycles. The van der Waals surface area contributed by atoms with Gasteiger partial charge in [0.25, 0.3) is 5.91 Å². The zero-order valence-electron chi connectivity index (χ0n) is 7.85. The SMILES string of the molecule is Nc1nnc(NC(=O)c2ccc(F)cn2)s1. The molecule has 16 heavy (non-hydrogen) atoms. The van der Waals surface area contributed by atoms with Crippen molar-refractivity contribution >= 4 is 27.5 Å². The van der Waals surface area contributed by atoms with Gasteiger partial charge in [0.2, 0.25) is 10.3 Å². The number of anilines is 2. The van der Waals surface area contributed by atoms with Crippen LogP contribution in [0.5, 0.6) is 0 Å². The van der Waals surface area contributed by atoms with Gasteiger partial charge in [0.15, 0.2) is 0 Å². The first-order valence-corrected chi connectivity index (χ1v) is 4.98. The maximum absolute atomic E-state index is 12.5. The van der Waals surface area contributed by atoms with E-state index in [-0.39, 0.29) is 16.0 Å².